The molecule has 0 aliphatic carbocycles. The zero-order valence-electron chi connectivity index (χ0n) is 12.2. The fourth-order valence-electron chi connectivity index (χ4n) is 3.26. The average Bonchev–Trinajstić information content (AvgIpc) is 2.51. The second-order valence-corrected chi connectivity index (χ2v) is 6.47. The number of hydrogen-bond acceptors (Lipinski definition) is 0. The lowest BCUT2D eigenvalue weighted by atomic mass is 9.90. The molecule has 0 fully saturated rings. The van der Waals surface area contributed by atoms with Crippen LogP contribution in [-0.4, -0.2) is 10.2 Å². The molecule has 99 valence electrons. The quantitative estimate of drug-likeness (QED) is 0.319. The molecule has 0 saturated carbocycles. The molecule has 21 heavy (non-hydrogen) atoms. The fourth-order valence-corrected chi connectivity index (χ4v) is 3.40. The van der Waals surface area contributed by atoms with E-state index in [1.54, 1.807) is 0 Å². The fraction of sp³-hybridized carbons (Fsp3) is 0.100. The molecule has 0 N–H and O–H groups in total. The maximum atomic E-state index is 3.68. The lowest BCUT2D eigenvalue weighted by Gasteiger charge is -2.15. The van der Waals surface area contributed by atoms with Gasteiger partial charge in [0.15, 0.2) is 0 Å². The smallest absolute Gasteiger partial charge is 0.0650 e. The van der Waals surface area contributed by atoms with Gasteiger partial charge >= 0.3 is 0 Å². The van der Waals surface area contributed by atoms with Crippen LogP contribution in [0.2, 0.25) is 0 Å². The number of rotatable bonds is 1. The van der Waals surface area contributed by atoms with Crippen LogP contribution in [0.5, 0.6) is 0 Å². The highest BCUT2D eigenvalue weighted by Crippen LogP contribution is 2.37. The molecule has 0 spiro atoms. The van der Waals surface area contributed by atoms with Gasteiger partial charge in [-0.1, -0.05) is 59.8 Å². The predicted molar refractivity (Wildman–Crippen MR) is 94.2 cm³/mol. The monoisotopic (exact) mass is 283 g/mol. The van der Waals surface area contributed by atoms with Crippen LogP contribution < -0.4 is 0 Å². The van der Waals surface area contributed by atoms with Crippen LogP contribution in [0.3, 0.4) is 0 Å². The number of benzene rings is 4. The Hall–Kier alpha value is -2.12. The van der Waals surface area contributed by atoms with Crippen molar-refractivity contribution in [3.05, 3.63) is 65.4 Å². The number of hydrogen-bond donors (Lipinski definition) is 0. The minimum Gasteiger partial charge on any atom is -0.0880 e. The normalized spacial score (nSPS) is 13.3. The standard InChI is InChI=1S/C20H15Si/c1-12(13(2)21)17-10-8-16-7-6-14-4-3-5-15-9-11-18(17)20(16)19(14)15/h3-11H,1-2H3. The predicted octanol–water partition coefficient (Wildman–Crippen LogP) is 5.50. The molecule has 0 nitrogen and oxygen atoms in total. The molecule has 0 saturated heterocycles. The van der Waals surface area contributed by atoms with E-state index < -0.39 is 0 Å². The van der Waals surface area contributed by atoms with Crippen LogP contribution in [-0.2, 0) is 0 Å². The van der Waals surface area contributed by atoms with Gasteiger partial charge in [-0.15, -0.1) is 0 Å². The van der Waals surface area contributed by atoms with E-state index in [1.807, 2.05) is 0 Å². The van der Waals surface area contributed by atoms with Gasteiger partial charge in [-0.05, 0) is 57.3 Å². The van der Waals surface area contributed by atoms with E-state index in [0.717, 1.165) is 0 Å². The summed E-state index contributed by atoms with van der Waals surface area (Å²) in [6, 6.07) is 20.0. The number of allylic oxidation sites excluding steroid dienone is 2. The zero-order chi connectivity index (χ0) is 14.6. The maximum absolute atomic E-state index is 3.68. The Morgan fingerprint density at radius 1 is 0.714 bits per heavy atom. The Kier molecular flexibility index (Phi) is 2.66. The molecule has 4 rings (SSSR count). The lowest BCUT2D eigenvalue weighted by molar-refractivity contribution is 1.56. The molecular weight excluding hydrogens is 268 g/mol. The van der Waals surface area contributed by atoms with Crippen LogP contribution in [0.15, 0.2) is 59.8 Å². The van der Waals surface area contributed by atoms with Gasteiger partial charge in [-0.25, -0.2) is 0 Å². The molecule has 0 heterocycles. The summed E-state index contributed by atoms with van der Waals surface area (Å²) in [5.74, 6) is 0. The molecule has 0 atom stereocenters. The van der Waals surface area contributed by atoms with Crippen molar-refractivity contribution in [1.29, 1.82) is 0 Å². The topological polar surface area (TPSA) is 0 Å². The molecule has 3 radical (unpaired) electrons. The van der Waals surface area contributed by atoms with Gasteiger partial charge in [-0.2, -0.15) is 0 Å². The van der Waals surface area contributed by atoms with Crippen molar-refractivity contribution in [3.8, 4) is 0 Å². The molecule has 0 unspecified atom stereocenters. The first-order chi connectivity index (χ1) is 10.2. The third-order valence-electron chi connectivity index (χ3n) is 4.50. The third kappa shape index (κ3) is 1.74. The van der Waals surface area contributed by atoms with Gasteiger partial charge in [0.25, 0.3) is 0 Å². The van der Waals surface area contributed by atoms with Gasteiger partial charge in [-0.3, -0.25) is 0 Å². The molecule has 4 aromatic carbocycles. The summed E-state index contributed by atoms with van der Waals surface area (Å²) in [5.41, 5.74) is 2.61. The lowest BCUT2D eigenvalue weighted by Crippen LogP contribution is -1.90. The highest BCUT2D eigenvalue weighted by molar-refractivity contribution is 6.27. The second-order valence-electron chi connectivity index (χ2n) is 5.72. The first-order valence-electron chi connectivity index (χ1n) is 7.23. The molecular formula is C20H15Si. The summed E-state index contributed by atoms with van der Waals surface area (Å²) in [7, 11) is 3.68. The summed E-state index contributed by atoms with van der Waals surface area (Å²) in [4.78, 5) is 0. The van der Waals surface area contributed by atoms with E-state index in [9.17, 15) is 0 Å². The highest BCUT2D eigenvalue weighted by Gasteiger charge is 2.11. The van der Waals surface area contributed by atoms with E-state index in [-0.39, 0.29) is 0 Å². The van der Waals surface area contributed by atoms with E-state index in [4.69, 9.17) is 0 Å². The van der Waals surface area contributed by atoms with E-state index >= 15 is 0 Å². The first-order valence-corrected chi connectivity index (χ1v) is 7.73. The second kappa shape index (κ2) is 4.44. The highest BCUT2D eigenvalue weighted by atomic mass is 28.1. The van der Waals surface area contributed by atoms with Crippen LogP contribution >= 0.6 is 0 Å². The van der Waals surface area contributed by atoms with Crippen molar-refractivity contribution >= 4 is 48.1 Å². The summed E-state index contributed by atoms with van der Waals surface area (Å²) in [6.07, 6.45) is 0. The van der Waals surface area contributed by atoms with Gasteiger partial charge in [0.2, 0.25) is 0 Å². The molecule has 1 heteroatoms. The van der Waals surface area contributed by atoms with Gasteiger partial charge in [0.05, 0.1) is 10.2 Å². The van der Waals surface area contributed by atoms with Gasteiger partial charge in [0.1, 0.15) is 0 Å². The summed E-state index contributed by atoms with van der Waals surface area (Å²) < 4.78 is 0. The zero-order valence-corrected chi connectivity index (χ0v) is 13.2. The van der Waals surface area contributed by atoms with Crippen molar-refractivity contribution in [3.63, 3.8) is 0 Å². The Morgan fingerprint density at radius 2 is 1.29 bits per heavy atom. The minimum atomic E-state index is 1.19. The van der Waals surface area contributed by atoms with Crippen LogP contribution in [0, 0.1) is 0 Å². The van der Waals surface area contributed by atoms with E-state index in [0.29, 0.717) is 0 Å². The van der Waals surface area contributed by atoms with Crippen molar-refractivity contribution in [2.45, 2.75) is 13.8 Å². The first kappa shape index (κ1) is 12.6. The summed E-state index contributed by atoms with van der Waals surface area (Å²) >= 11 is 0. The van der Waals surface area contributed by atoms with Crippen molar-refractivity contribution < 1.29 is 0 Å². The largest absolute Gasteiger partial charge is 0.0880 e. The Labute approximate surface area is 127 Å². The summed E-state index contributed by atoms with van der Waals surface area (Å²) in [6.45, 7) is 4.28. The van der Waals surface area contributed by atoms with Crippen LogP contribution in [0.4, 0.5) is 0 Å². The third-order valence-corrected chi connectivity index (χ3v) is 4.87. The van der Waals surface area contributed by atoms with E-state index in [2.05, 4.69) is 78.7 Å². The molecule has 0 aromatic heterocycles. The molecule has 0 aliphatic heterocycles. The molecule has 0 aliphatic rings. The van der Waals surface area contributed by atoms with Gasteiger partial charge < -0.3 is 0 Å². The summed E-state index contributed by atoms with van der Waals surface area (Å²) in [5, 5.41) is 9.25. The Bertz CT molecular complexity index is 989. The van der Waals surface area contributed by atoms with Crippen molar-refractivity contribution in [2.24, 2.45) is 0 Å². The average molecular weight is 283 g/mol. The SMILES string of the molecule is CC([Si])=C(C)c1ccc2ccc3cccc4ccc1c2c34. The van der Waals surface area contributed by atoms with Crippen LogP contribution in [0.25, 0.3) is 37.9 Å². The Balaban J connectivity index is 2.29. The minimum absolute atomic E-state index is 1.19. The van der Waals surface area contributed by atoms with Crippen LogP contribution in [0.1, 0.15) is 19.4 Å². The van der Waals surface area contributed by atoms with Crippen molar-refractivity contribution in [2.75, 3.05) is 0 Å². The molecule has 0 amide bonds. The molecule has 0 bridgehead atoms. The molecule has 4 aromatic rings. The Morgan fingerprint density at radius 3 is 1.95 bits per heavy atom. The van der Waals surface area contributed by atoms with Gasteiger partial charge in [0, 0.05) is 0 Å². The van der Waals surface area contributed by atoms with E-state index in [1.165, 1.54) is 48.7 Å². The maximum Gasteiger partial charge on any atom is 0.0650 e. The van der Waals surface area contributed by atoms with Crippen molar-refractivity contribution in [1.82, 2.24) is 0 Å².